The summed E-state index contributed by atoms with van der Waals surface area (Å²) in [7, 11) is 0. The summed E-state index contributed by atoms with van der Waals surface area (Å²) < 4.78 is 5.85. The molecule has 5 atom stereocenters. The lowest BCUT2D eigenvalue weighted by atomic mass is 9.53. The van der Waals surface area contributed by atoms with Crippen LogP contribution in [0.1, 0.15) is 69.9 Å². The highest BCUT2D eigenvalue weighted by Crippen LogP contribution is 2.64. The molecule has 2 nitrogen and oxygen atoms in total. The molecule has 0 spiro atoms. The summed E-state index contributed by atoms with van der Waals surface area (Å²) in [6, 6.07) is 6.71. The van der Waals surface area contributed by atoms with Gasteiger partial charge in [-0.25, -0.2) is 0 Å². The first kappa shape index (κ1) is 17.1. The molecule has 0 bridgehead atoms. The number of aryl methyl sites for hydroxylation is 1. The molecular weight excluding hydrogens is 308 g/mol. The summed E-state index contributed by atoms with van der Waals surface area (Å²) in [6.45, 7) is 10.9. The van der Waals surface area contributed by atoms with Crippen LogP contribution in [0.2, 0.25) is 0 Å². The van der Waals surface area contributed by atoms with Crippen molar-refractivity contribution < 1.29 is 9.84 Å². The van der Waals surface area contributed by atoms with Crippen molar-refractivity contribution >= 4 is 0 Å². The maximum absolute atomic E-state index is 11.0. The Kier molecular flexibility index (Phi) is 4.03. The predicted molar refractivity (Wildman–Crippen MR) is 102 cm³/mol. The third-order valence-electron chi connectivity index (χ3n) is 7.75. The number of hydrogen-bond donors (Lipinski definition) is 1. The molecule has 1 aromatic rings. The molecule has 2 fully saturated rings. The minimum absolute atomic E-state index is 0.107. The van der Waals surface area contributed by atoms with E-state index in [4.69, 9.17) is 4.74 Å². The van der Waals surface area contributed by atoms with E-state index in [1.807, 2.05) is 6.92 Å². The smallest absolute Gasteiger partial charge is 0.120 e. The van der Waals surface area contributed by atoms with E-state index < -0.39 is 5.60 Å². The fourth-order valence-electron chi connectivity index (χ4n) is 6.10. The Balaban J connectivity index is 1.59. The number of rotatable bonds is 3. The summed E-state index contributed by atoms with van der Waals surface area (Å²) in [6.07, 6.45) is 6.94. The Morgan fingerprint density at radius 3 is 2.80 bits per heavy atom. The van der Waals surface area contributed by atoms with Crippen LogP contribution in [0.25, 0.3) is 0 Å². The molecule has 3 aliphatic rings. The van der Waals surface area contributed by atoms with Crippen molar-refractivity contribution in [2.24, 2.45) is 17.3 Å². The number of benzene rings is 1. The zero-order chi connectivity index (χ0) is 17.8. The van der Waals surface area contributed by atoms with Gasteiger partial charge in [0.2, 0.25) is 0 Å². The van der Waals surface area contributed by atoms with Gasteiger partial charge in [-0.3, -0.25) is 0 Å². The molecule has 1 unspecified atom stereocenters. The molecule has 0 radical (unpaired) electrons. The second-order valence-electron chi connectivity index (χ2n) is 9.29. The molecule has 0 aliphatic heterocycles. The van der Waals surface area contributed by atoms with Crippen LogP contribution in [0.4, 0.5) is 0 Å². The lowest BCUT2D eigenvalue weighted by Crippen LogP contribution is -2.49. The van der Waals surface area contributed by atoms with Gasteiger partial charge in [-0.2, -0.15) is 0 Å². The largest absolute Gasteiger partial charge is 0.489 e. The van der Waals surface area contributed by atoms with Gasteiger partial charge in [0.25, 0.3) is 0 Å². The van der Waals surface area contributed by atoms with Crippen LogP contribution in [-0.2, 0) is 6.42 Å². The molecular formula is C23H32O2. The minimum Gasteiger partial charge on any atom is -0.489 e. The first-order valence-electron chi connectivity index (χ1n) is 9.94. The fourth-order valence-corrected chi connectivity index (χ4v) is 6.10. The van der Waals surface area contributed by atoms with Crippen molar-refractivity contribution in [3.05, 3.63) is 41.5 Å². The standard InChI is InChI=1S/C23H32O2/c1-15(2)14-25-17-6-8-18-16(13-17)5-7-20-19(18)9-11-22(3)21(20)10-12-23(22,4)24/h6,8,13,19-21,24H,1,5,7,9-12,14H2,2-4H3/t19-,20-,21+,22+,23?/m1/s1. The predicted octanol–water partition coefficient (Wildman–Crippen LogP) is 5.25. The zero-order valence-electron chi connectivity index (χ0n) is 16.0. The third-order valence-corrected chi connectivity index (χ3v) is 7.75. The van der Waals surface area contributed by atoms with E-state index in [0.29, 0.717) is 18.4 Å². The number of hydrogen-bond acceptors (Lipinski definition) is 2. The molecule has 0 heterocycles. The van der Waals surface area contributed by atoms with Gasteiger partial charge in [0.1, 0.15) is 12.4 Å². The van der Waals surface area contributed by atoms with Crippen LogP contribution in [0.15, 0.2) is 30.4 Å². The van der Waals surface area contributed by atoms with Crippen molar-refractivity contribution in [1.29, 1.82) is 0 Å². The van der Waals surface area contributed by atoms with Gasteiger partial charge in [-0.05, 0) is 104 Å². The van der Waals surface area contributed by atoms with Crippen molar-refractivity contribution in [2.75, 3.05) is 6.61 Å². The number of aliphatic hydroxyl groups is 1. The van der Waals surface area contributed by atoms with Gasteiger partial charge in [0.05, 0.1) is 5.60 Å². The Morgan fingerprint density at radius 1 is 1.24 bits per heavy atom. The van der Waals surface area contributed by atoms with Crippen molar-refractivity contribution in [3.8, 4) is 5.75 Å². The summed E-state index contributed by atoms with van der Waals surface area (Å²) >= 11 is 0. The van der Waals surface area contributed by atoms with Gasteiger partial charge >= 0.3 is 0 Å². The monoisotopic (exact) mass is 340 g/mol. The molecule has 136 valence electrons. The van der Waals surface area contributed by atoms with E-state index in [1.54, 1.807) is 5.56 Å². The minimum atomic E-state index is -0.483. The van der Waals surface area contributed by atoms with E-state index in [2.05, 4.69) is 38.6 Å². The molecule has 0 aromatic heterocycles. The summed E-state index contributed by atoms with van der Waals surface area (Å²) in [5, 5.41) is 11.0. The normalized spacial score (nSPS) is 39.3. The van der Waals surface area contributed by atoms with Gasteiger partial charge in [-0.1, -0.05) is 19.6 Å². The molecule has 3 aliphatic carbocycles. The Hall–Kier alpha value is -1.28. The van der Waals surface area contributed by atoms with Gasteiger partial charge in [-0.15, -0.1) is 0 Å². The summed E-state index contributed by atoms with van der Waals surface area (Å²) in [5.41, 5.74) is 3.71. The van der Waals surface area contributed by atoms with E-state index in [1.165, 1.54) is 24.8 Å². The van der Waals surface area contributed by atoms with Crippen molar-refractivity contribution in [3.63, 3.8) is 0 Å². The van der Waals surface area contributed by atoms with Crippen LogP contribution >= 0.6 is 0 Å². The van der Waals surface area contributed by atoms with Crippen molar-refractivity contribution in [2.45, 2.75) is 70.8 Å². The lowest BCUT2D eigenvalue weighted by Gasteiger charge is -2.52. The average molecular weight is 341 g/mol. The highest BCUT2D eigenvalue weighted by atomic mass is 16.5. The summed E-state index contributed by atoms with van der Waals surface area (Å²) in [4.78, 5) is 0. The van der Waals surface area contributed by atoms with E-state index in [-0.39, 0.29) is 5.41 Å². The molecule has 4 rings (SSSR count). The Bertz CT molecular complexity index is 689. The van der Waals surface area contributed by atoms with Crippen LogP contribution in [0.5, 0.6) is 5.75 Å². The maximum atomic E-state index is 11.0. The first-order valence-corrected chi connectivity index (χ1v) is 9.94. The fraction of sp³-hybridized carbons (Fsp3) is 0.652. The van der Waals surface area contributed by atoms with Crippen LogP contribution in [0.3, 0.4) is 0 Å². The molecule has 2 heteroatoms. The molecule has 0 saturated heterocycles. The second kappa shape index (κ2) is 5.87. The average Bonchev–Trinajstić information content (AvgIpc) is 2.82. The van der Waals surface area contributed by atoms with Gasteiger partial charge in [0.15, 0.2) is 0 Å². The number of ether oxygens (including phenoxy) is 1. The highest BCUT2D eigenvalue weighted by molar-refractivity contribution is 5.41. The van der Waals surface area contributed by atoms with Crippen LogP contribution < -0.4 is 4.74 Å². The van der Waals surface area contributed by atoms with E-state index in [9.17, 15) is 5.11 Å². The van der Waals surface area contributed by atoms with Gasteiger partial charge < -0.3 is 9.84 Å². The zero-order valence-corrected chi connectivity index (χ0v) is 16.0. The lowest BCUT2D eigenvalue weighted by molar-refractivity contribution is -0.0901. The quantitative estimate of drug-likeness (QED) is 0.762. The van der Waals surface area contributed by atoms with Crippen molar-refractivity contribution in [1.82, 2.24) is 0 Å². The molecule has 2 saturated carbocycles. The molecule has 1 N–H and O–H groups in total. The van der Waals surface area contributed by atoms with E-state index >= 15 is 0 Å². The third kappa shape index (κ3) is 2.65. The molecule has 0 amide bonds. The topological polar surface area (TPSA) is 29.5 Å². The Labute approximate surface area is 152 Å². The van der Waals surface area contributed by atoms with Crippen LogP contribution in [-0.4, -0.2) is 17.3 Å². The molecule has 25 heavy (non-hydrogen) atoms. The SMILES string of the molecule is C=C(C)COc1ccc2c(c1)CC[C@@H]1[C@@H]2CC[C@@]2(C)[C@H]1CCC2(C)O. The number of fused-ring (bicyclic) bond motifs is 5. The first-order chi connectivity index (χ1) is 11.8. The van der Waals surface area contributed by atoms with Gasteiger partial charge in [0, 0.05) is 0 Å². The summed E-state index contributed by atoms with van der Waals surface area (Å²) in [5.74, 6) is 3.06. The maximum Gasteiger partial charge on any atom is 0.120 e. The molecule has 1 aromatic carbocycles. The Morgan fingerprint density at radius 2 is 2.04 bits per heavy atom. The van der Waals surface area contributed by atoms with E-state index in [0.717, 1.165) is 36.5 Å². The highest BCUT2D eigenvalue weighted by Gasteiger charge is 2.59. The second-order valence-corrected chi connectivity index (χ2v) is 9.29. The van der Waals surface area contributed by atoms with Crippen LogP contribution in [0, 0.1) is 17.3 Å².